The highest BCUT2D eigenvalue weighted by Gasteiger charge is 2.23. The highest BCUT2D eigenvalue weighted by Crippen LogP contribution is 2.30. The van der Waals surface area contributed by atoms with Crippen molar-refractivity contribution in [3.05, 3.63) is 29.8 Å². The van der Waals surface area contributed by atoms with Gasteiger partial charge in [-0.2, -0.15) is 0 Å². The van der Waals surface area contributed by atoms with Crippen LogP contribution in [0, 0.1) is 0 Å². The van der Waals surface area contributed by atoms with Crippen LogP contribution in [0.1, 0.15) is 38.7 Å². The Morgan fingerprint density at radius 3 is 2.44 bits per heavy atom. The van der Waals surface area contributed by atoms with E-state index in [9.17, 15) is 8.42 Å². The van der Waals surface area contributed by atoms with Gasteiger partial charge in [0.05, 0.1) is 4.90 Å². The number of hydrogen-bond acceptors (Lipinski definition) is 2. The molecule has 0 heterocycles. The van der Waals surface area contributed by atoms with Crippen LogP contribution in [0.15, 0.2) is 29.2 Å². The van der Waals surface area contributed by atoms with Crippen LogP contribution in [-0.2, 0) is 10.0 Å². The molecule has 0 aliphatic carbocycles. The van der Waals surface area contributed by atoms with E-state index in [0.29, 0.717) is 11.4 Å². The normalized spacial score (nSPS) is 15.3. The lowest BCUT2D eigenvalue weighted by Crippen LogP contribution is -2.25. The van der Waals surface area contributed by atoms with Crippen LogP contribution in [-0.4, -0.2) is 20.3 Å². The second kappa shape index (κ2) is 6.55. The molecule has 5 heteroatoms. The molecule has 0 bridgehead atoms. The number of sulfonamides is 1. The van der Waals surface area contributed by atoms with Gasteiger partial charge < -0.3 is 0 Å². The van der Waals surface area contributed by atoms with Crippen molar-refractivity contribution in [3.8, 4) is 0 Å². The van der Waals surface area contributed by atoms with Gasteiger partial charge in [0.25, 0.3) is 0 Å². The third kappa shape index (κ3) is 3.46. The Hall–Kier alpha value is -0.580. The lowest BCUT2D eigenvalue weighted by Gasteiger charge is -2.20. The van der Waals surface area contributed by atoms with Crippen molar-refractivity contribution < 1.29 is 8.42 Å². The van der Waals surface area contributed by atoms with Crippen LogP contribution < -0.4 is 4.72 Å². The largest absolute Gasteiger partial charge is 0.240 e. The average molecular weight is 290 g/mol. The second-order valence-electron chi connectivity index (χ2n) is 4.25. The molecule has 0 aliphatic heterocycles. The van der Waals surface area contributed by atoms with E-state index >= 15 is 0 Å². The van der Waals surface area contributed by atoms with Gasteiger partial charge in [0.2, 0.25) is 10.0 Å². The first-order chi connectivity index (χ1) is 8.44. The number of alkyl halides is 1. The Labute approximate surface area is 115 Å². The molecule has 0 amide bonds. The molecule has 1 aromatic rings. The van der Waals surface area contributed by atoms with Gasteiger partial charge in [0, 0.05) is 11.9 Å². The van der Waals surface area contributed by atoms with Crippen LogP contribution in [0.3, 0.4) is 0 Å². The topological polar surface area (TPSA) is 46.2 Å². The summed E-state index contributed by atoms with van der Waals surface area (Å²) >= 11 is 6.23. The summed E-state index contributed by atoms with van der Waals surface area (Å²) in [7, 11) is -3.44. The summed E-state index contributed by atoms with van der Waals surface area (Å²) in [5.74, 6) is 0.00120. The lowest BCUT2D eigenvalue weighted by molar-refractivity contribution is 0.579. The molecule has 1 rings (SSSR count). The number of benzene rings is 1. The minimum absolute atomic E-state index is 0.00120. The first-order valence-corrected chi connectivity index (χ1v) is 8.08. The van der Waals surface area contributed by atoms with Crippen molar-refractivity contribution in [1.29, 1.82) is 0 Å². The molecule has 0 saturated carbocycles. The van der Waals surface area contributed by atoms with E-state index in [4.69, 9.17) is 11.6 Å². The van der Waals surface area contributed by atoms with Crippen LogP contribution in [0.2, 0.25) is 0 Å². The first kappa shape index (κ1) is 15.5. The molecular formula is C13H20ClNO2S. The SMILES string of the molecule is CCNS(=O)(=O)c1ccccc1C(C)C(Cl)CC. The molecule has 0 aromatic heterocycles. The van der Waals surface area contributed by atoms with Gasteiger partial charge in [-0.05, 0) is 24.0 Å². The summed E-state index contributed by atoms with van der Waals surface area (Å²) in [6.45, 7) is 6.10. The minimum atomic E-state index is -3.44. The van der Waals surface area contributed by atoms with Crippen molar-refractivity contribution in [2.75, 3.05) is 6.54 Å². The molecule has 0 radical (unpaired) electrons. The van der Waals surface area contributed by atoms with E-state index < -0.39 is 10.0 Å². The highest BCUT2D eigenvalue weighted by molar-refractivity contribution is 7.89. The molecule has 2 unspecified atom stereocenters. The number of rotatable bonds is 6. The Balaban J connectivity index is 3.23. The van der Waals surface area contributed by atoms with Crippen molar-refractivity contribution >= 4 is 21.6 Å². The predicted molar refractivity (Wildman–Crippen MR) is 75.7 cm³/mol. The standard InChI is InChI=1S/C13H20ClNO2S/c1-4-12(14)10(3)11-8-6-7-9-13(11)18(16,17)15-5-2/h6-10,12,15H,4-5H2,1-3H3. The first-order valence-electron chi connectivity index (χ1n) is 6.16. The fourth-order valence-corrected chi connectivity index (χ4v) is 3.41. The maximum absolute atomic E-state index is 12.1. The van der Waals surface area contributed by atoms with Gasteiger partial charge in [0.1, 0.15) is 0 Å². The molecule has 0 spiro atoms. The molecule has 2 atom stereocenters. The Morgan fingerprint density at radius 1 is 1.28 bits per heavy atom. The zero-order valence-corrected chi connectivity index (χ0v) is 12.6. The molecule has 0 saturated heterocycles. The molecule has 0 aliphatic rings. The maximum Gasteiger partial charge on any atom is 0.240 e. The third-order valence-electron chi connectivity index (χ3n) is 2.97. The Bertz CT molecular complexity index is 488. The van der Waals surface area contributed by atoms with Gasteiger partial charge in [-0.1, -0.05) is 39.0 Å². The molecule has 18 heavy (non-hydrogen) atoms. The molecule has 3 nitrogen and oxygen atoms in total. The molecule has 1 N–H and O–H groups in total. The molecule has 0 fully saturated rings. The number of halogens is 1. The summed E-state index contributed by atoms with van der Waals surface area (Å²) in [6.07, 6.45) is 0.804. The molecule has 1 aromatic carbocycles. The van der Waals surface area contributed by atoms with Crippen molar-refractivity contribution in [2.45, 2.75) is 43.4 Å². The summed E-state index contributed by atoms with van der Waals surface area (Å²) in [5.41, 5.74) is 0.778. The van der Waals surface area contributed by atoms with Crippen LogP contribution in [0.5, 0.6) is 0 Å². The molecular weight excluding hydrogens is 270 g/mol. The van der Waals surface area contributed by atoms with E-state index in [1.807, 2.05) is 26.0 Å². The van der Waals surface area contributed by atoms with Crippen molar-refractivity contribution in [2.24, 2.45) is 0 Å². The van der Waals surface area contributed by atoms with Gasteiger partial charge in [0.15, 0.2) is 0 Å². The lowest BCUT2D eigenvalue weighted by atomic mass is 9.96. The minimum Gasteiger partial charge on any atom is -0.211 e. The van der Waals surface area contributed by atoms with Crippen LogP contribution >= 0.6 is 11.6 Å². The summed E-state index contributed by atoms with van der Waals surface area (Å²) in [5, 5.41) is -0.0667. The number of hydrogen-bond donors (Lipinski definition) is 1. The van der Waals surface area contributed by atoms with E-state index in [1.165, 1.54) is 0 Å². The van der Waals surface area contributed by atoms with E-state index in [2.05, 4.69) is 4.72 Å². The zero-order chi connectivity index (χ0) is 13.8. The third-order valence-corrected chi connectivity index (χ3v) is 5.27. The summed E-state index contributed by atoms with van der Waals surface area (Å²) in [6, 6.07) is 7.04. The maximum atomic E-state index is 12.1. The van der Waals surface area contributed by atoms with Gasteiger partial charge in [-0.15, -0.1) is 11.6 Å². The van der Waals surface area contributed by atoms with Gasteiger partial charge in [-0.3, -0.25) is 0 Å². The van der Waals surface area contributed by atoms with Crippen LogP contribution in [0.4, 0.5) is 0 Å². The zero-order valence-electron chi connectivity index (χ0n) is 11.0. The van der Waals surface area contributed by atoms with E-state index in [1.54, 1.807) is 19.1 Å². The number of nitrogens with one attached hydrogen (secondary N) is 1. The van der Waals surface area contributed by atoms with Crippen molar-refractivity contribution in [3.63, 3.8) is 0 Å². The summed E-state index contributed by atoms with van der Waals surface area (Å²) in [4.78, 5) is 0.332. The molecule has 102 valence electrons. The van der Waals surface area contributed by atoms with Crippen molar-refractivity contribution in [1.82, 2.24) is 4.72 Å². The fraction of sp³-hybridized carbons (Fsp3) is 0.538. The van der Waals surface area contributed by atoms with E-state index in [-0.39, 0.29) is 11.3 Å². The fourth-order valence-electron chi connectivity index (χ4n) is 1.92. The highest BCUT2D eigenvalue weighted by atomic mass is 35.5. The second-order valence-corrected chi connectivity index (χ2v) is 6.55. The average Bonchev–Trinajstić information content (AvgIpc) is 2.37. The Morgan fingerprint density at radius 2 is 1.89 bits per heavy atom. The Kier molecular flexibility index (Phi) is 5.63. The van der Waals surface area contributed by atoms with Crippen LogP contribution in [0.25, 0.3) is 0 Å². The monoisotopic (exact) mass is 289 g/mol. The van der Waals surface area contributed by atoms with E-state index in [0.717, 1.165) is 12.0 Å². The quantitative estimate of drug-likeness (QED) is 0.818. The predicted octanol–water partition coefficient (Wildman–Crippen LogP) is 3.11. The summed E-state index contributed by atoms with van der Waals surface area (Å²) < 4.78 is 26.7. The smallest absolute Gasteiger partial charge is 0.211 e. The van der Waals surface area contributed by atoms with Gasteiger partial charge >= 0.3 is 0 Å². The van der Waals surface area contributed by atoms with Gasteiger partial charge in [-0.25, -0.2) is 13.1 Å².